The van der Waals surface area contributed by atoms with E-state index in [1.54, 1.807) is 7.11 Å². The topological polar surface area (TPSA) is 34.4 Å². The molecule has 0 bridgehead atoms. The first-order valence-corrected chi connectivity index (χ1v) is 6.49. The predicted octanol–water partition coefficient (Wildman–Crippen LogP) is 4.39. The van der Waals surface area contributed by atoms with E-state index in [0.717, 1.165) is 23.0 Å². The van der Waals surface area contributed by atoms with E-state index < -0.39 is 0 Å². The van der Waals surface area contributed by atoms with Crippen LogP contribution in [-0.4, -0.2) is 7.11 Å². The van der Waals surface area contributed by atoms with E-state index in [1.807, 2.05) is 32.0 Å². The van der Waals surface area contributed by atoms with E-state index in [-0.39, 0.29) is 6.04 Å². The lowest BCUT2D eigenvalue weighted by molar-refractivity contribution is 0.414. The monoisotopic (exact) mass is 259 g/mol. The molecule has 0 saturated carbocycles. The quantitative estimate of drug-likeness (QED) is 0.884. The molecule has 1 aromatic heterocycles. The Hall–Kier alpha value is -1.90. The molecule has 2 aromatic rings. The molecule has 1 atom stereocenters. The number of methoxy groups -OCH3 is 1. The molecule has 1 N–H and O–H groups in total. The summed E-state index contributed by atoms with van der Waals surface area (Å²) in [6.07, 6.45) is 0. The molecule has 0 aliphatic heterocycles. The molecular weight excluding hydrogens is 238 g/mol. The Bertz CT molecular complexity index is 572. The van der Waals surface area contributed by atoms with E-state index in [9.17, 15) is 0 Å². The highest BCUT2D eigenvalue weighted by Crippen LogP contribution is 2.28. The molecule has 3 nitrogen and oxygen atoms in total. The highest BCUT2D eigenvalue weighted by atomic mass is 16.5. The van der Waals surface area contributed by atoms with Gasteiger partial charge in [-0.1, -0.05) is 0 Å². The Kier molecular flexibility index (Phi) is 3.84. The van der Waals surface area contributed by atoms with Crippen LogP contribution in [0.4, 0.5) is 5.69 Å². The van der Waals surface area contributed by atoms with Gasteiger partial charge in [0.15, 0.2) is 0 Å². The molecule has 2 rings (SSSR count). The fourth-order valence-electron chi connectivity index (χ4n) is 2.32. The third-order valence-electron chi connectivity index (χ3n) is 3.35. The summed E-state index contributed by atoms with van der Waals surface area (Å²) >= 11 is 0. The Morgan fingerprint density at radius 1 is 1.16 bits per heavy atom. The van der Waals surface area contributed by atoms with Crippen molar-refractivity contribution in [1.82, 2.24) is 0 Å². The standard InChI is InChI=1S/C16H21NO2/c1-10-8-14(18-5)6-7-16(10)17-12(3)15-9-11(2)19-13(15)4/h6-9,12,17H,1-5H3. The molecular formula is C16H21NO2. The Balaban J connectivity index is 2.19. The summed E-state index contributed by atoms with van der Waals surface area (Å²) < 4.78 is 10.8. The van der Waals surface area contributed by atoms with Crippen LogP contribution in [-0.2, 0) is 0 Å². The zero-order chi connectivity index (χ0) is 14.0. The maximum atomic E-state index is 5.58. The second-order valence-electron chi connectivity index (χ2n) is 4.92. The van der Waals surface area contributed by atoms with Gasteiger partial charge in [-0.25, -0.2) is 0 Å². The van der Waals surface area contributed by atoms with Gasteiger partial charge in [0.25, 0.3) is 0 Å². The molecule has 19 heavy (non-hydrogen) atoms. The van der Waals surface area contributed by atoms with Crippen LogP contribution in [0.25, 0.3) is 0 Å². The smallest absolute Gasteiger partial charge is 0.119 e. The minimum absolute atomic E-state index is 0.213. The molecule has 0 saturated heterocycles. The number of furan rings is 1. The second kappa shape index (κ2) is 5.39. The maximum Gasteiger partial charge on any atom is 0.119 e. The first-order valence-electron chi connectivity index (χ1n) is 6.49. The fourth-order valence-corrected chi connectivity index (χ4v) is 2.32. The van der Waals surface area contributed by atoms with Gasteiger partial charge in [-0.15, -0.1) is 0 Å². The third-order valence-corrected chi connectivity index (χ3v) is 3.35. The van der Waals surface area contributed by atoms with Crippen LogP contribution >= 0.6 is 0 Å². The van der Waals surface area contributed by atoms with Crippen molar-refractivity contribution in [2.45, 2.75) is 33.7 Å². The number of aryl methyl sites for hydroxylation is 3. The summed E-state index contributed by atoms with van der Waals surface area (Å²) in [6.45, 7) is 8.19. The number of nitrogens with one attached hydrogen (secondary N) is 1. The molecule has 1 heterocycles. The zero-order valence-corrected chi connectivity index (χ0v) is 12.2. The van der Waals surface area contributed by atoms with E-state index in [0.29, 0.717) is 0 Å². The Labute approximate surface area is 114 Å². The number of hydrogen-bond donors (Lipinski definition) is 1. The average Bonchev–Trinajstić information content (AvgIpc) is 2.71. The fraction of sp³-hybridized carbons (Fsp3) is 0.375. The van der Waals surface area contributed by atoms with E-state index >= 15 is 0 Å². The minimum atomic E-state index is 0.213. The van der Waals surface area contributed by atoms with Gasteiger partial charge in [-0.2, -0.15) is 0 Å². The van der Waals surface area contributed by atoms with Crippen molar-refractivity contribution in [2.75, 3.05) is 12.4 Å². The van der Waals surface area contributed by atoms with E-state index in [2.05, 4.69) is 25.2 Å². The van der Waals surface area contributed by atoms with Crippen molar-refractivity contribution in [1.29, 1.82) is 0 Å². The molecule has 1 unspecified atom stereocenters. The zero-order valence-electron chi connectivity index (χ0n) is 12.2. The molecule has 0 fully saturated rings. The second-order valence-corrected chi connectivity index (χ2v) is 4.92. The van der Waals surface area contributed by atoms with Crippen molar-refractivity contribution in [3.05, 3.63) is 46.9 Å². The summed E-state index contributed by atoms with van der Waals surface area (Å²) in [5.74, 6) is 2.81. The maximum absolute atomic E-state index is 5.58. The van der Waals surface area contributed by atoms with Gasteiger partial charge in [-0.3, -0.25) is 0 Å². The third kappa shape index (κ3) is 2.92. The largest absolute Gasteiger partial charge is 0.497 e. The van der Waals surface area contributed by atoms with Crippen LogP contribution < -0.4 is 10.1 Å². The van der Waals surface area contributed by atoms with Gasteiger partial charge in [0.1, 0.15) is 17.3 Å². The molecule has 0 amide bonds. The van der Waals surface area contributed by atoms with Gasteiger partial charge >= 0.3 is 0 Å². The van der Waals surface area contributed by atoms with Crippen LogP contribution in [0.15, 0.2) is 28.7 Å². The van der Waals surface area contributed by atoms with Gasteiger partial charge in [0.05, 0.1) is 13.2 Å². The van der Waals surface area contributed by atoms with E-state index in [4.69, 9.17) is 9.15 Å². The lowest BCUT2D eigenvalue weighted by Gasteiger charge is -2.17. The van der Waals surface area contributed by atoms with Gasteiger partial charge in [-0.05, 0) is 57.5 Å². The summed E-state index contributed by atoms with van der Waals surface area (Å²) in [5.41, 5.74) is 3.49. The minimum Gasteiger partial charge on any atom is -0.497 e. The van der Waals surface area contributed by atoms with Crippen LogP contribution in [0, 0.1) is 20.8 Å². The molecule has 0 aliphatic carbocycles. The number of hydrogen-bond acceptors (Lipinski definition) is 3. The Morgan fingerprint density at radius 3 is 2.42 bits per heavy atom. The van der Waals surface area contributed by atoms with Crippen molar-refractivity contribution < 1.29 is 9.15 Å². The predicted molar refractivity (Wildman–Crippen MR) is 78.0 cm³/mol. The number of anilines is 1. The molecule has 3 heteroatoms. The number of rotatable bonds is 4. The van der Waals surface area contributed by atoms with Gasteiger partial charge in [0, 0.05) is 11.3 Å². The van der Waals surface area contributed by atoms with E-state index in [1.165, 1.54) is 11.1 Å². The molecule has 0 aliphatic rings. The highest BCUT2D eigenvalue weighted by molar-refractivity contribution is 5.55. The molecule has 0 radical (unpaired) electrons. The first kappa shape index (κ1) is 13.5. The van der Waals surface area contributed by atoms with Crippen molar-refractivity contribution in [3.63, 3.8) is 0 Å². The Morgan fingerprint density at radius 2 is 1.89 bits per heavy atom. The van der Waals surface area contributed by atoms with Crippen molar-refractivity contribution in [3.8, 4) is 5.75 Å². The lowest BCUT2D eigenvalue weighted by Crippen LogP contribution is -2.08. The average molecular weight is 259 g/mol. The summed E-state index contributed by atoms with van der Waals surface area (Å²) in [6, 6.07) is 8.35. The molecule has 0 spiro atoms. The van der Waals surface area contributed by atoms with Gasteiger partial charge < -0.3 is 14.5 Å². The highest BCUT2D eigenvalue weighted by Gasteiger charge is 2.13. The van der Waals surface area contributed by atoms with Gasteiger partial charge in [0.2, 0.25) is 0 Å². The SMILES string of the molecule is COc1ccc(NC(C)c2cc(C)oc2C)c(C)c1. The molecule has 102 valence electrons. The van der Waals surface area contributed by atoms with Crippen LogP contribution in [0.3, 0.4) is 0 Å². The summed E-state index contributed by atoms with van der Waals surface area (Å²) in [7, 11) is 1.68. The lowest BCUT2D eigenvalue weighted by atomic mass is 10.1. The van der Waals surface area contributed by atoms with Crippen LogP contribution in [0.2, 0.25) is 0 Å². The normalized spacial score (nSPS) is 12.3. The number of benzene rings is 1. The summed E-state index contributed by atoms with van der Waals surface area (Å²) in [5, 5.41) is 3.52. The molecule has 1 aromatic carbocycles. The number of ether oxygens (including phenoxy) is 1. The van der Waals surface area contributed by atoms with Crippen LogP contribution in [0.5, 0.6) is 5.75 Å². The summed E-state index contributed by atoms with van der Waals surface area (Å²) in [4.78, 5) is 0. The van der Waals surface area contributed by atoms with Crippen molar-refractivity contribution in [2.24, 2.45) is 0 Å². The van der Waals surface area contributed by atoms with Crippen molar-refractivity contribution >= 4 is 5.69 Å². The van der Waals surface area contributed by atoms with Crippen LogP contribution in [0.1, 0.15) is 35.6 Å². The first-order chi connectivity index (χ1) is 9.01.